The van der Waals surface area contributed by atoms with Crippen molar-refractivity contribution in [3.63, 3.8) is 0 Å². The second kappa shape index (κ2) is 25.5. The van der Waals surface area contributed by atoms with E-state index in [0.29, 0.717) is 18.3 Å². The maximum Gasteiger partial charge on any atom is 0.305 e. The molecule has 1 aliphatic carbocycles. The first-order valence-corrected chi connectivity index (χ1v) is 16.2. The first-order chi connectivity index (χ1) is 19.9. The number of hydrogen-bond acceptors (Lipinski definition) is 3. The molecule has 0 spiro atoms. The van der Waals surface area contributed by atoms with Crippen LogP contribution in [0.5, 0.6) is 0 Å². The van der Waals surface area contributed by atoms with Gasteiger partial charge in [-0.05, 0) is 86.0 Å². The van der Waals surface area contributed by atoms with Crippen molar-refractivity contribution in [3.8, 4) is 0 Å². The molecule has 5 heteroatoms. The number of allylic oxidation sites excluding steroid dienone is 4. The summed E-state index contributed by atoms with van der Waals surface area (Å²) in [6.07, 6.45) is 18.3. The smallest absolute Gasteiger partial charge is 0.305 e. The van der Waals surface area contributed by atoms with E-state index in [2.05, 4.69) is 51.9 Å². The van der Waals surface area contributed by atoms with Crippen LogP contribution in [-0.4, -0.2) is 18.2 Å². The third-order valence-corrected chi connectivity index (χ3v) is 7.72. The van der Waals surface area contributed by atoms with E-state index in [0.717, 1.165) is 53.6 Å². The summed E-state index contributed by atoms with van der Waals surface area (Å²) in [6, 6.07) is 14.7. The first kappa shape index (κ1) is 38.8. The van der Waals surface area contributed by atoms with Crippen LogP contribution < -0.4 is 0 Å². The molecule has 1 aliphatic rings. The number of rotatable bonds is 12. The van der Waals surface area contributed by atoms with E-state index >= 15 is 0 Å². The number of carbonyl (C=O) groups is 1. The highest BCUT2D eigenvalue weighted by atomic mass is 79.9. The zero-order valence-electron chi connectivity index (χ0n) is 26.3. The maximum atomic E-state index is 13.7. The largest absolute Gasteiger partial charge is 0.469 e. The number of aliphatic hydroxyl groups is 1. The van der Waals surface area contributed by atoms with Crippen LogP contribution in [0.3, 0.4) is 0 Å². The van der Waals surface area contributed by atoms with E-state index in [1.807, 2.05) is 64.1 Å². The molecule has 230 valence electrons. The standard InChI is InChI=1S/C25H35FO2.C7H7BrO.2C2H6/c1-20(17-19-23-11-7-8-14-24(23)26)16-18-22-13-9-12-21(22)10-5-3-4-6-15-25(27)28-2;8-7-4-2-1-3-6(7)5-9;2*1-2/h3,5,7-8,11,14,16,18,20-22H,4,6,9-10,12-13,15,17,19H2,1-2H3;1-4,9H,5H2;2*1-2H3/b5-3-,18-16+;;;/t20?,21-,22+;;;/m0.../s1. The highest BCUT2D eigenvalue weighted by Gasteiger charge is 2.23. The molecule has 3 atom stereocenters. The molecule has 1 saturated carbocycles. The summed E-state index contributed by atoms with van der Waals surface area (Å²) in [5, 5.41) is 8.69. The molecule has 3 rings (SSSR count). The van der Waals surface area contributed by atoms with Gasteiger partial charge in [0.15, 0.2) is 0 Å². The quantitative estimate of drug-likeness (QED) is 0.144. The van der Waals surface area contributed by atoms with Gasteiger partial charge in [-0.1, -0.05) is 118 Å². The van der Waals surface area contributed by atoms with E-state index in [9.17, 15) is 9.18 Å². The SMILES string of the molecule is CC.CC.COC(=O)CCC/C=C\C[C@H]1CCC[C@@H]1/C=C/C(C)CCc1ccccc1F.OCc1ccccc1Br. The number of carbonyl (C=O) groups excluding carboxylic acids is 1. The monoisotopic (exact) mass is 632 g/mol. The van der Waals surface area contributed by atoms with E-state index in [-0.39, 0.29) is 18.4 Å². The third-order valence-electron chi connectivity index (χ3n) is 6.94. The molecule has 0 aromatic heterocycles. The minimum absolute atomic E-state index is 0.0899. The molecule has 41 heavy (non-hydrogen) atoms. The van der Waals surface area contributed by atoms with Gasteiger partial charge < -0.3 is 9.84 Å². The van der Waals surface area contributed by atoms with Crippen LogP contribution in [0.4, 0.5) is 4.39 Å². The van der Waals surface area contributed by atoms with Gasteiger partial charge in [-0.3, -0.25) is 4.79 Å². The van der Waals surface area contributed by atoms with Gasteiger partial charge in [0, 0.05) is 10.9 Å². The van der Waals surface area contributed by atoms with Crippen molar-refractivity contribution < 1.29 is 19.0 Å². The second-order valence-corrected chi connectivity index (χ2v) is 10.6. The van der Waals surface area contributed by atoms with Gasteiger partial charge in [-0.25, -0.2) is 4.39 Å². The van der Waals surface area contributed by atoms with Crippen molar-refractivity contribution in [3.05, 3.63) is 94.3 Å². The highest BCUT2D eigenvalue weighted by Crippen LogP contribution is 2.35. The van der Waals surface area contributed by atoms with Crippen molar-refractivity contribution in [2.75, 3.05) is 7.11 Å². The van der Waals surface area contributed by atoms with Crippen LogP contribution in [0, 0.1) is 23.6 Å². The zero-order chi connectivity index (χ0) is 30.9. The predicted molar refractivity (Wildman–Crippen MR) is 176 cm³/mol. The number of aliphatic hydroxyl groups excluding tert-OH is 1. The Balaban J connectivity index is 0.00000103. The van der Waals surface area contributed by atoms with Gasteiger partial charge in [-0.15, -0.1) is 0 Å². The lowest BCUT2D eigenvalue weighted by atomic mass is 9.90. The van der Waals surface area contributed by atoms with Crippen molar-refractivity contribution in [1.82, 2.24) is 0 Å². The highest BCUT2D eigenvalue weighted by molar-refractivity contribution is 9.10. The summed E-state index contributed by atoms with van der Waals surface area (Å²) in [6.45, 7) is 10.3. The first-order valence-electron chi connectivity index (χ1n) is 15.4. The Kier molecular flexibility index (Phi) is 24.1. The van der Waals surface area contributed by atoms with Gasteiger partial charge in [0.25, 0.3) is 0 Å². The van der Waals surface area contributed by atoms with Crippen molar-refractivity contribution >= 4 is 21.9 Å². The molecule has 0 bridgehead atoms. The fraction of sp³-hybridized carbons (Fsp3) is 0.528. The number of ether oxygens (including phenoxy) is 1. The lowest BCUT2D eigenvalue weighted by Crippen LogP contribution is -2.05. The fourth-order valence-electron chi connectivity index (χ4n) is 4.61. The van der Waals surface area contributed by atoms with E-state index in [4.69, 9.17) is 5.11 Å². The van der Waals surface area contributed by atoms with Crippen LogP contribution in [0.1, 0.15) is 97.1 Å². The number of halogens is 2. The van der Waals surface area contributed by atoms with Crippen molar-refractivity contribution in [1.29, 1.82) is 0 Å². The number of unbranched alkanes of at least 4 members (excludes halogenated alkanes) is 1. The molecule has 0 aliphatic heterocycles. The topological polar surface area (TPSA) is 46.5 Å². The Bertz CT molecular complexity index is 988. The third kappa shape index (κ3) is 17.3. The van der Waals surface area contributed by atoms with Crippen LogP contribution in [0.25, 0.3) is 0 Å². The number of aryl methyl sites for hydroxylation is 1. The van der Waals surface area contributed by atoms with E-state index in [1.54, 1.807) is 12.1 Å². The molecular formula is C36H54BrFO3. The summed E-state index contributed by atoms with van der Waals surface area (Å²) in [4.78, 5) is 11.1. The van der Waals surface area contributed by atoms with Gasteiger partial charge >= 0.3 is 5.97 Å². The fourth-order valence-corrected chi connectivity index (χ4v) is 5.02. The Morgan fingerprint density at radius 3 is 2.32 bits per heavy atom. The Hall–Kier alpha value is -2.24. The van der Waals surface area contributed by atoms with Gasteiger partial charge in [0.2, 0.25) is 0 Å². The number of methoxy groups -OCH3 is 1. The summed E-state index contributed by atoms with van der Waals surface area (Å²) >= 11 is 3.30. The average molecular weight is 634 g/mol. The molecule has 3 nitrogen and oxygen atoms in total. The Morgan fingerprint density at radius 1 is 1.05 bits per heavy atom. The normalized spacial score (nSPS) is 16.6. The molecule has 0 saturated heterocycles. The van der Waals surface area contributed by atoms with Gasteiger partial charge in [0.1, 0.15) is 5.82 Å². The zero-order valence-corrected chi connectivity index (χ0v) is 27.8. The van der Waals surface area contributed by atoms with Gasteiger partial charge in [-0.2, -0.15) is 0 Å². The van der Waals surface area contributed by atoms with Crippen LogP contribution in [-0.2, 0) is 22.6 Å². The minimum Gasteiger partial charge on any atom is -0.469 e. The molecule has 0 heterocycles. The second-order valence-electron chi connectivity index (χ2n) is 9.77. The molecule has 1 unspecified atom stereocenters. The molecule has 2 aromatic rings. The van der Waals surface area contributed by atoms with Crippen LogP contribution in [0.2, 0.25) is 0 Å². The average Bonchev–Trinajstić information content (AvgIpc) is 3.47. The molecule has 0 radical (unpaired) electrons. The molecule has 0 amide bonds. The summed E-state index contributed by atoms with van der Waals surface area (Å²) < 4.78 is 19.4. The van der Waals surface area contributed by atoms with Gasteiger partial charge in [0.05, 0.1) is 13.7 Å². The van der Waals surface area contributed by atoms with Crippen LogP contribution in [0.15, 0.2) is 77.3 Å². The predicted octanol–water partition coefficient (Wildman–Crippen LogP) is 10.7. The molecule has 2 aromatic carbocycles. The minimum atomic E-state index is -0.126. The van der Waals surface area contributed by atoms with E-state index < -0.39 is 0 Å². The number of hydrogen-bond donors (Lipinski definition) is 1. The Labute approximate surface area is 258 Å². The molecule has 1 fully saturated rings. The summed E-state index contributed by atoms with van der Waals surface area (Å²) in [5.74, 6) is 1.64. The maximum absolute atomic E-state index is 13.7. The lowest BCUT2D eigenvalue weighted by Gasteiger charge is -2.15. The number of esters is 1. The lowest BCUT2D eigenvalue weighted by molar-refractivity contribution is -0.140. The Morgan fingerprint density at radius 2 is 1.71 bits per heavy atom. The summed E-state index contributed by atoms with van der Waals surface area (Å²) in [5.41, 5.74) is 1.75. The van der Waals surface area contributed by atoms with Crippen LogP contribution >= 0.6 is 15.9 Å². The van der Waals surface area contributed by atoms with Crippen molar-refractivity contribution in [2.45, 2.75) is 99.0 Å². The number of benzene rings is 2. The van der Waals surface area contributed by atoms with Crippen molar-refractivity contribution in [2.24, 2.45) is 17.8 Å². The molecular weight excluding hydrogens is 579 g/mol. The molecule has 1 N–H and O–H groups in total. The summed E-state index contributed by atoms with van der Waals surface area (Å²) in [7, 11) is 1.44. The van der Waals surface area contributed by atoms with E-state index in [1.165, 1.54) is 26.4 Å².